The maximum atomic E-state index is 12.6. The summed E-state index contributed by atoms with van der Waals surface area (Å²) in [5.41, 5.74) is 3.46. The van der Waals surface area contributed by atoms with Gasteiger partial charge in [-0.25, -0.2) is 9.78 Å². The zero-order valence-corrected chi connectivity index (χ0v) is 15.0. The number of esters is 1. The number of benzene rings is 1. The van der Waals surface area contributed by atoms with E-state index in [4.69, 9.17) is 4.74 Å². The van der Waals surface area contributed by atoms with Crippen LogP contribution >= 0.6 is 0 Å². The van der Waals surface area contributed by atoms with Crippen LogP contribution in [0.3, 0.4) is 0 Å². The number of fused-ring (bicyclic) bond motifs is 2. The average molecular weight is 359 g/mol. The van der Waals surface area contributed by atoms with Gasteiger partial charge in [0.1, 0.15) is 12.3 Å². The summed E-state index contributed by atoms with van der Waals surface area (Å²) in [7, 11) is 0. The number of pyridine rings is 2. The smallest absolute Gasteiger partial charge is 0.339 e. The summed E-state index contributed by atoms with van der Waals surface area (Å²) in [4.78, 5) is 33.8. The molecule has 6 heteroatoms. The molecule has 3 aromatic heterocycles. The zero-order valence-electron chi connectivity index (χ0n) is 15.0. The third-order valence-electron chi connectivity index (χ3n) is 4.35. The zero-order chi connectivity index (χ0) is 19.0. The van der Waals surface area contributed by atoms with E-state index in [2.05, 4.69) is 9.97 Å². The summed E-state index contributed by atoms with van der Waals surface area (Å²) < 4.78 is 6.95. The van der Waals surface area contributed by atoms with E-state index in [9.17, 15) is 9.59 Å². The molecule has 0 unspecified atom stereocenters. The molecular formula is C21H17N3O3. The molecule has 0 amide bonds. The lowest BCUT2D eigenvalue weighted by Gasteiger charge is -2.09. The molecule has 1 aromatic carbocycles. The first kappa shape index (κ1) is 16.9. The van der Waals surface area contributed by atoms with Gasteiger partial charge in [0, 0.05) is 22.8 Å². The second kappa shape index (κ2) is 6.64. The van der Waals surface area contributed by atoms with E-state index in [1.54, 1.807) is 12.1 Å². The van der Waals surface area contributed by atoms with Crippen molar-refractivity contribution in [3.05, 3.63) is 87.6 Å². The van der Waals surface area contributed by atoms with Gasteiger partial charge in [-0.05, 0) is 38.1 Å². The van der Waals surface area contributed by atoms with Crippen molar-refractivity contribution < 1.29 is 9.53 Å². The largest absolute Gasteiger partial charge is 0.456 e. The quantitative estimate of drug-likeness (QED) is 0.525. The Labute approximate surface area is 155 Å². The van der Waals surface area contributed by atoms with Crippen LogP contribution in [-0.4, -0.2) is 20.3 Å². The molecule has 0 N–H and O–H groups in total. The van der Waals surface area contributed by atoms with Crippen molar-refractivity contribution in [1.29, 1.82) is 0 Å². The molecule has 0 bridgehead atoms. The summed E-state index contributed by atoms with van der Waals surface area (Å²) in [6.07, 6.45) is 0. The summed E-state index contributed by atoms with van der Waals surface area (Å²) in [5, 5.41) is 0.732. The molecule has 0 spiro atoms. The Hall–Kier alpha value is -3.54. The summed E-state index contributed by atoms with van der Waals surface area (Å²) >= 11 is 0. The van der Waals surface area contributed by atoms with Gasteiger partial charge in [0.05, 0.1) is 16.8 Å². The fraction of sp³-hybridized carbons (Fsp3) is 0.143. The fourth-order valence-corrected chi connectivity index (χ4v) is 3.13. The molecule has 3 heterocycles. The minimum absolute atomic E-state index is 0.0752. The molecule has 0 aliphatic rings. The van der Waals surface area contributed by atoms with E-state index in [1.165, 1.54) is 10.5 Å². The van der Waals surface area contributed by atoms with E-state index < -0.39 is 5.97 Å². The Bertz CT molecular complexity index is 1240. The number of aromatic nitrogens is 3. The molecule has 27 heavy (non-hydrogen) atoms. The molecule has 4 aromatic rings. The Morgan fingerprint density at radius 1 is 1.04 bits per heavy atom. The maximum Gasteiger partial charge on any atom is 0.339 e. The topological polar surface area (TPSA) is 73.6 Å². The highest BCUT2D eigenvalue weighted by atomic mass is 16.5. The average Bonchev–Trinajstić information content (AvgIpc) is 2.65. The maximum absolute atomic E-state index is 12.6. The van der Waals surface area contributed by atoms with E-state index >= 15 is 0 Å². The van der Waals surface area contributed by atoms with Gasteiger partial charge in [-0.2, -0.15) is 0 Å². The number of ether oxygens (including phenoxy) is 1. The molecule has 0 aliphatic carbocycles. The van der Waals surface area contributed by atoms with E-state index in [1.807, 2.05) is 50.2 Å². The highest BCUT2D eigenvalue weighted by Gasteiger charge is 2.14. The first-order valence-corrected chi connectivity index (χ1v) is 8.55. The number of para-hydroxylation sites is 1. The Kier molecular flexibility index (Phi) is 4.16. The molecule has 134 valence electrons. The van der Waals surface area contributed by atoms with Crippen LogP contribution in [0.1, 0.15) is 27.4 Å². The van der Waals surface area contributed by atoms with Gasteiger partial charge in [0.15, 0.2) is 0 Å². The van der Waals surface area contributed by atoms with Crippen molar-refractivity contribution in [3.63, 3.8) is 0 Å². The normalized spacial score (nSPS) is 11.0. The van der Waals surface area contributed by atoms with E-state index in [0.717, 1.165) is 22.3 Å². The Balaban J connectivity index is 1.64. The first-order valence-electron chi connectivity index (χ1n) is 8.55. The lowest BCUT2D eigenvalue weighted by Crippen LogP contribution is -2.18. The first-order chi connectivity index (χ1) is 13.0. The van der Waals surface area contributed by atoms with Crippen molar-refractivity contribution in [1.82, 2.24) is 14.4 Å². The fourth-order valence-electron chi connectivity index (χ4n) is 3.13. The van der Waals surface area contributed by atoms with Crippen LogP contribution in [-0.2, 0) is 11.3 Å². The van der Waals surface area contributed by atoms with Crippen molar-refractivity contribution >= 4 is 22.5 Å². The van der Waals surface area contributed by atoms with Crippen molar-refractivity contribution in [2.75, 3.05) is 0 Å². The van der Waals surface area contributed by atoms with E-state index in [-0.39, 0.29) is 12.2 Å². The number of hydrogen-bond donors (Lipinski definition) is 0. The Morgan fingerprint density at radius 2 is 1.85 bits per heavy atom. The van der Waals surface area contributed by atoms with Crippen LogP contribution in [0.2, 0.25) is 0 Å². The van der Waals surface area contributed by atoms with Crippen LogP contribution in [0.25, 0.3) is 16.6 Å². The van der Waals surface area contributed by atoms with Gasteiger partial charge in [0.25, 0.3) is 5.56 Å². The minimum atomic E-state index is -0.469. The molecule has 4 rings (SSSR count). The standard InChI is InChI=1S/C21H17N3O3/c1-13-10-17(16-7-3-4-8-18(16)22-13)21(26)27-12-15-11-20(25)24-14(2)6-5-9-19(24)23-15/h3-11H,12H2,1-2H3. The van der Waals surface area contributed by atoms with Crippen LogP contribution < -0.4 is 5.56 Å². The van der Waals surface area contributed by atoms with Gasteiger partial charge >= 0.3 is 5.97 Å². The number of carbonyl (C=O) groups is 1. The molecular weight excluding hydrogens is 342 g/mol. The summed E-state index contributed by atoms with van der Waals surface area (Å²) in [5.74, 6) is -0.469. The number of rotatable bonds is 3. The van der Waals surface area contributed by atoms with Crippen molar-refractivity contribution in [2.24, 2.45) is 0 Å². The SMILES string of the molecule is Cc1cc(C(=O)OCc2cc(=O)n3c(C)cccc3n2)c2ccccc2n1. The molecule has 0 radical (unpaired) electrons. The number of carbonyl (C=O) groups excluding carboxylic acids is 1. The lowest BCUT2D eigenvalue weighted by atomic mass is 10.1. The summed E-state index contributed by atoms with van der Waals surface area (Å²) in [6.45, 7) is 3.60. The molecule has 0 fully saturated rings. The van der Waals surface area contributed by atoms with Gasteiger partial charge in [-0.15, -0.1) is 0 Å². The van der Waals surface area contributed by atoms with Gasteiger partial charge in [-0.3, -0.25) is 14.2 Å². The third-order valence-corrected chi connectivity index (χ3v) is 4.35. The Morgan fingerprint density at radius 3 is 2.70 bits per heavy atom. The highest BCUT2D eigenvalue weighted by Crippen LogP contribution is 2.19. The number of nitrogens with zero attached hydrogens (tertiary/aromatic N) is 3. The van der Waals surface area contributed by atoms with Crippen molar-refractivity contribution in [2.45, 2.75) is 20.5 Å². The van der Waals surface area contributed by atoms with Crippen LogP contribution in [0, 0.1) is 13.8 Å². The summed E-state index contributed by atoms with van der Waals surface area (Å²) in [6, 6.07) is 15.9. The lowest BCUT2D eigenvalue weighted by molar-refractivity contribution is 0.0470. The third kappa shape index (κ3) is 3.17. The monoisotopic (exact) mass is 359 g/mol. The van der Waals surface area contributed by atoms with Gasteiger partial charge in [0.2, 0.25) is 0 Å². The molecule has 0 aliphatic heterocycles. The van der Waals surface area contributed by atoms with Crippen LogP contribution in [0.5, 0.6) is 0 Å². The van der Waals surface area contributed by atoms with Gasteiger partial charge in [-0.1, -0.05) is 24.3 Å². The van der Waals surface area contributed by atoms with E-state index in [0.29, 0.717) is 16.9 Å². The molecule has 0 atom stereocenters. The number of hydrogen-bond acceptors (Lipinski definition) is 5. The second-order valence-electron chi connectivity index (χ2n) is 6.35. The molecule has 6 nitrogen and oxygen atoms in total. The minimum Gasteiger partial charge on any atom is -0.456 e. The molecule has 0 saturated carbocycles. The van der Waals surface area contributed by atoms with Crippen LogP contribution in [0.4, 0.5) is 0 Å². The van der Waals surface area contributed by atoms with Gasteiger partial charge < -0.3 is 4.74 Å². The highest BCUT2D eigenvalue weighted by molar-refractivity contribution is 6.03. The second-order valence-corrected chi connectivity index (χ2v) is 6.35. The predicted octanol–water partition coefficient (Wildman–Crippen LogP) is 3.22. The number of aryl methyl sites for hydroxylation is 2. The van der Waals surface area contributed by atoms with Crippen molar-refractivity contribution in [3.8, 4) is 0 Å². The molecule has 0 saturated heterocycles. The van der Waals surface area contributed by atoms with Crippen LogP contribution in [0.15, 0.2) is 59.4 Å². The predicted molar refractivity (Wildman–Crippen MR) is 102 cm³/mol.